The molecule has 0 saturated heterocycles. The third-order valence-electron chi connectivity index (χ3n) is 4.51. The molecule has 100 valence electrons. The third-order valence-corrected chi connectivity index (χ3v) is 4.51. The molecule has 0 bridgehead atoms. The van der Waals surface area contributed by atoms with Crippen molar-refractivity contribution in [3.05, 3.63) is 0 Å². The van der Waals surface area contributed by atoms with Gasteiger partial charge in [-0.2, -0.15) is 0 Å². The Morgan fingerprint density at radius 1 is 1.41 bits per heavy atom. The van der Waals surface area contributed by atoms with E-state index in [0.717, 1.165) is 19.3 Å². The molecule has 0 aromatic carbocycles. The molecular formula is C14H27NO2. The van der Waals surface area contributed by atoms with Gasteiger partial charge < -0.3 is 10.8 Å². The largest absolute Gasteiger partial charge is 0.481 e. The van der Waals surface area contributed by atoms with Crippen molar-refractivity contribution in [2.45, 2.75) is 53.4 Å². The molecule has 0 aliphatic heterocycles. The van der Waals surface area contributed by atoms with Crippen molar-refractivity contribution in [2.24, 2.45) is 28.4 Å². The van der Waals surface area contributed by atoms with Crippen LogP contribution >= 0.6 is 0 Å². The van der Waals surface area contributed by atoms with E-state index in [1.54, 1.807) is 0 Å². The molecule has 3 atom stereocenters. The van der Waals surface area contributed by atoms with Crippen LogP contribution in [0.4, 0.5) is 0 Å². The lowest BCUT2D eigenvalue weighted by Gasteiger charge is -2.32. The highest BCUT2D eigenvalue weighted by atomic mass is 16.4. The minimum absolute atomic E-state index is 0.162. The maximum atomic E-state index is 11.0. The van der Waals surface area contributed by atoms with E-state index >= 15 is 0 Å². The Labute approximate surface area is 105 Å². The number of rotatable bonds is 4. The molecule has 1 fully saturated rings. The van der Waals surface area contributed by atoms with Gasteiger partial charge in [0.15, 0.2) is 0 Å². The number of carbonyl (C=O) groups is 1. The molecule has 0 radical (unpaired) electrons. The SMILES string of the molecule is CC[C@H]1C[C@](CN)(CC(=O)O)C[C@@H]1C(C)(C)C. The van der Waals surface area contributed by atoms with Crippen molar-refractivity contribution in [1.82, 2.24) is 0 Å². The van der Waals surface area contributed by atoms with Gasteiger partial charge >= 0.3 is 5.97 Å². The minimum Gasteiger partial charge on any atom is -0.481 e. The Balaban J connectivity index is 2.89. The Kier molecular flexibility index (Phi) is 4.23. The van der Waals surface area contributed by atoms with Crippen molar-refractivity contribution in [3.63, 3.8) is 0 Å². The first kappa shape index (κ1) is 14.5. The van der Waals surface area contributed by atoms with Crippen molar-refractivity contribution in [1.29, 1.82) is 0 Å². The molecule has 17 heavy (non-hydrogen) atoms. The maximum Gasteiger partial charge on any atom is 0.303 e. The van der Waals surface area contributed by atoms with Crippen LogP contribution in [0.1, 0.15) is 53.4 Å². The smallest absolute Gasteiger partial charge is 0.303 e. The van der Waals surface area contributed by atoms with Crippen LogP contribution in [-0.4, -0.2) is 17.6 Å². The van der Waals surface area contributed by atoms with E-state index in [0.29, 0.717) is 18.4 Å². The predicted octanol–water partition coefficient (Wildman–Crippen LogP) is 2.89. The standard InChI is InChI=1S/C14H27NO2/c1-5-10-6-14(9-15,8-12(16)17)7-11(10)13(2,3)4/h10-11H,5-9,15H2,1-4H3,(H,16,17)/t10-,11-,14+/m0/s1. The average Bonchev–Trinajstić information content (AvgIpc) is 2.56. The van der Waals surface area contributed by atoms with Gasteiger partial charge in [-0.05, 0) is 42.1 Å². The molecule has 1 saturated carbocycles. The zero-order valence-electron chi connectivity index (χ0n) is 11.6. The highest BCUT2D eigenvalue weighted by Gasteiger charge is 2.48. The first-order chi connectivity index (χ1) is 7.74. The lowest BCUT2D eigenvalue weighted by Crippen LogP contribution is -2.31. The predicted molar refractivity (Wildman–Crippen MR) is 69.7 cm³/mol. The normalized spacial score (nSPS) is 33.9. The summed E-state index contributed by atoms with van der Waals surface area (Å²) in [4.78, 5) is 11.0. The zero-order valence-corrected chi connectivity index (χ0v) is 11.6. The van der Waals surface area contributed by atoms with Crippen LogP contribution in [0.25, 0.3) is 0 Å². The topological polar surface area (TPSA) is 63.3 Å². The maximum absolute atomic E-state index is 11.0. The summed E-state index contributed by atoms with van der Waals surface area (Å²) in [6.45, 7) is 9.48. The molecule has 1 aliphatic carbocycles. The molecule has 0 aromatic heterocycles. The first-order valence-corrected chi connectivity index (χ1v) is 6.66. The van der Waals surface area contributed by atoms with Crippen LogP contribution < -0.4 is 5.73 Å². The fourth-order valence-corrected chi connectivity index (χ4v) is 3.56. The lowest BCUT2D eigenvalue weighted by atomic mass is 9.73. The van der Waals surface area contributed by atoms with Crippen LogP contribution in [0.15, 0.2) is 0 Å². The second-order valence-corrected chi connectivity index (χ2v) is 6.82. The van der Waals surface area contributed by atoms with E-state index in [9.17, 15) is 4.79 Å². The quantitative estimate of drug-likeness (QED) is 0.795. The minimum atomic E-state index is -0.708. The van der Waals surface area contributed by atoms with E-state index in [-0.39, 0.29) is 17.3 Å². The second kappa shape index (κ2) is 4.97. The van der Waals surface area contributed by atoms with E-state index in [1.165, 1.54) is 0 Å². The number of hydrogen-bond acceptors (Lipinski definition) is 2. The highest BCUT2D eigenvalue weighted by Crippen LogP contribution is 2.54. The second-order valence-electron chi connectivity index (χ2n) is 6.82. The number of carboxylic acid groups (broad SMARTS) is 1. The number of nitrogens with two attached hydrogens (primary N) is 1. The van der Waals surface area contributed by atoms with Crippen molar-refractivity contribution in [2.75, 3.05) is 6.54 Å². The fourth-order valence-electron chi connectivity index (χ4n) is 3.56. The van der Waals surface area contributed by atoms with Gasteiger partial charge in [-0.15, -0.1) is 0 Å². The Bertz CT molecular complexity index is 282. The van der Waals surface area contributed by atoms with Gasteiger partial charge in [-0.1, -0.05) is 34.1 Å². The zero-order chi connectivity index (χ0) is 13.3. The summed E-state index contributed by atoms with van der Waals surface area (Å²) in [5.74, 6) is 0.508. The molecule has 3 N–H and O–H groups in total. The summed E-state index contributed by atoms with van der Waals surface area (Å²) in [7, 11) is 0. The van der Waals surface area contributed by atoms with E-state index < -0.39 is 5.97 Å². The highest BCUT2D eigenvalue weighted by molar-refractivity contribution is 5.67. The van der Waals surface area contributed by atoms with E-state index in [2.05, 4.69) is 27.7 Å². The molecule has 3 heteroatoms. The molecule has 0 amide bonds. The molecule has 3 nitrogen and oxygen atoms in total. The van der Waals surface area contributed by atoms with Gasteiger partial charge in [-0.3, -0.25) is 4.79 Å². The van der Waals surface area contributed by atoms with Crippen LogP contribution in [0.3, 0.4) is 0 Å². The first-order valence-electron chi connectivity index (χ1n) is 6.66. The van der Waals surface area contributed by atoms with E-state index in [4.69, 9.17) is 10.8 Å². The summed E-state index contributed by atoms with van der Waals surface area (Å²) < 4.78 is 0. The molecule has 0 unspecified atom stereocenters. The summed E-state index contributed by atoms with van der Waals surface area (Å²) in [6, 6.07) is 0. The van der Waals surface area contributed by atoms with E-state index in [1.807, 2.05) is 0 Å². The molecule has 0 aromatic rings. The average molecular weight is 241 g/mol. The summed E-state index contributed by atoms with van der Waals surface area (Å²) in [5, 5.41) is 9.06. The summed E-state index contributed by atoms with van der Waals surface area (Å²) in [5.41, 5.74) is 5.96. The van der Waals surface area contributed by atoms with Gasteiger partial charge in [0, 0.05) is 0 Å². The number of carboxylic acids is 1. The summed E-state index contributed by atoms with van der Waals surface area (Å²) >= 11 is 0. The van der Waals surface area contributed by atoms with Crippen molar-refractivity contribution >= 4 is 5.97 Å². The van der Waals surface area contributed by atoms with Crippen LogP contribution in [0, 0.1) is 22.7 Å². The van der Waals surface area contributed by atoms with Crippen LogP contribution in [-0.2, 0) is 4.79 Å². The summed E-state index contributed by atoms with van der Waals surface area (Å²) in [6.07, 6.45) is 3.31. The Hall–Kier alpha value is -0.570. The van der Waals surface area contributed by atoms with Crippen LogP contribution in [0.2, 0.25) is 0 Å². The molecule has 1 aliphatic rings. The number of hydrogen-bond donors (Lipinski definition) is 2. The third kappa shape index (κ3) is 3.21. The fraction of sp³-hybridized carbons (Fsp3) is 0.929. The van der Waals surface area contributed by atoms with Gasteiger partial charge in [0.05, 0.1) is 6.42 Å². The monoisotopic (exact) mass is 241 g/mol. The lowest BCUT2D eigenvalue weighted by molar-refractivity contribution is -0.139. The van der Waals surface area contributed by atoms with Gasteiger partial charge in [0.2, 0.25) is 0 Å². The van der Waals surface area contributed by atoms with Crippen molar-refractivity contribution < 1.29 is 9.90 Å². The van der Waals surface area contributed by atoms with Gasteiger partial charge in [0.25, 0.3) is 0 Å². The Morgan fingerprint density at radius 3 is 2.29 bits per heavy atom. The molecule has 0 heterocycles. The number of aliphatic carboxylic acids is 1. The molecule has 0 spiro atoms. The van der Waals surface area contributed by atoms with Gasteiger partial charge in [0.1, 0.15) is 0 Å². The molecule has 1 rings (SSSR count). The van der Waals surface area contributed by atoms with Crippen molar-refractivity contribution in [3.8, 4) is 0 Å². The van der Waals surface area contributed by atoms with Crippen LogP contribution in [0.5, 0.6) is 0 Å². The Morgan fingerprint density at radius 2 is 2.00 bits per heavy atom. The van der Waals surface area contributed by atoms with Gasteiger partial charge in [-0.25, -0.2) is 0 Å². The molecular weight excluding hydrogens is 214 g/mol.